The molecule has 5 heteroatoms. The molecule has 0 aliphatic carbocycles. The van der Waals surface area contributed by atoms with Crippen LogP contribution < -0.4 is 5.73 Å². The molecular formula is C10H11F2N3. The molecule has 0 saturated heterocycles. The molecule has 1 aromatic rings. The van der Waals surface area contributed by atoms with Crippen LogP contribution in [-0.4, -0.2) is 4.98 Å². The lowest BCUT2D eigenvalue weighted by atomic mass is 10.0. The molecule has 0 bridgehead atoms. The third kappa shape index (κ3) is 2.48. The molecule has 0 atom stereocenters. The number of nitriles is 1. The van der Waals surface area contributed by atoms with Crippen LogP contribution in [0.1, 0.15) is 28.9 Å². The summed E-state index contributed by atoms with van der Waals surface area (Å²) in [6, 6.07) is 3.12. The first-order valence-corrected chi connectivity index (χ1v) is 4.44. The van der Waals surface area contributed by atoms with Crippen molar-refractivity contribution >= 4 is 0 Å². The molecule has 1 rings (SSSR count). The van der Waals surface area contributed by atoms with Crippen molar-refractivity contribution in [2.24, 2.45) is 5.73 Å². The molecule has 0 spiro atoms. The zero-order valence-corrected chi connectivity index (χ0v) is 8.30. The van der Waals surface area contributed by atoms with Crippen LogP contribution in [-0.2, 0) is 13.0 Å². The van der Waals surface area contributed by atoms with Crippen LogP contribution in [0.15, 0.2) is 6.07 Å². The van der Waals surface area contributed by atoms with Gasteiger partial charge in [0.1, 0.15) is 0 Å². The highest BCUT2D eigenvalue weighted by Gasteiger charge is 2.16. The summed E-state index contributed by atoms with van der Waals surface area (Å²) in [5.74, 6) is 0. The minimum atomic E-state index is -2.60. The summed E-state index contributed by atoms with van der Waals surface area (Å²) in [5, 5.41) is 8.53. The zero-order valence-electron chi connectivity index (χ0n) is 8.30. The van der Waals surface area contributed by atoms with Crippen LogP contribution in [0.5, 0.6) is 0 Å². The fourth-order valence-electron chi connectivity index (χ4n) is 1.40. The molecule has 0 saturated carbocycles. The number of halogens is 2. The number of pyridine rings is 1. The van der Waals surface area contributed by atoms with E-state index in [1.807, 2.05) is 6.07 Å². The van der Waals surface area contributed by atoms with Crippen molar-refractivity contribution in [2.45, 2.75) is 26.3 Å². The van der Waals surface area contributed by atoms with Crippen molar-refractivity contribution in [2.75, 3.05) is 0 Å². The van der Waals surface area contributed by atoms with Gasteiger partial charge in [-0.25, -0.2) is 8.78 Å². The minimum absolute atomic E-state index is 0.0522. The second-order valence-electron chi connectivity index (χ2n) is 3.11. The van der Waals surface area contributed by atoms with Gasteiger partial charge in [0.15, 0.2) is 0 Å². The summed E-state index contributed by atoms with van der Waals surface area (Å²) in [4.78, 5) is 4.04. The van der Waals surface area contributed by atoms with Crippen molar-refractivity contribution in [1.29, 1.82) is 5.26 Å². The standard InChI is InChI=1S/C10H11F2N3/c1-6-8(2-3-13)9(10(11)12)4-7(5-14)15-6/h4,10H,2,5,14H2,1H3. The van der Waals surface area contributed by atoms with E-state index in [-0.39, 0.29) is 18.5 Å². The molecule has 0 amide bonds. The molecule has 0 radical (unpaired) electrons. The Morgan fingerprint density at radius 2 is 2.27 bits per heavy atom. The van der Waals surface area contributed by atoms with E-state index >= 15 is 0 Å². The smallest absolute Gasteiger partial charge is 0.264 e. The minimum Gasteiger partial charge on any atom is -0.325 e. The van der Waals surface area contributed by atoms with Crippen LogP contribution in [0.3, 0.4) is 0 Å². The molecule has 2 N–H and O–H groups in total. The van der Waals surface area contributed by atoms with E-state index in [2.05, 4.69) is 4.98 Å². The van der Waals surface area contributed by atoms with Gasteiger partial charge < -0.3 is 5.73 Å². The van der Waals surface area contributed by atoms with Gasteiger partial charge in [0.25, 0.3) is 6.43 Å². The van der Waals surface area contributed by atoms with Crippen molar-refractivity contribution in [3.63, 3.8) is 0 Å². The Labute approximate surface area is 86.5 Å². The highest BCUT2D eigenvalue weighted by Crippen LogP contribution is 2.25. The SMILES string of the molecule is Cc1nc(CN)cc(C(F)F)c1CC#N. The fraction of sp³-hybridized carbons (Fsp3) is 0.400. The number of hydrogen-bond acceptors (Lipinski definition) is 3. The third-order valence-electron chi connectivity index (χ3n) is 2.12. The summed E-state index contributed by atoms with van der Waals surface area (Å²) in [6.45, 7) is 1.73. The van der Waals surface area contributed by atoms with Crippen LogP contribution in [0.25, 0.3) is 0 Å². The van der Waals surface area contributed by atoms with Crippen LogP contribution in [0, 0.1) is 18.3 Å². The van der Waals surface area contributed by atoms with Gasteiger partial charge in [0.05, 0.1) is 18.2 Å². The highest BCUT2D eigenvalue weighted by atomic mass is 19.3. The molecule has 15 heavy (non-hydrogen) atoms. The summed E-state index contributed by atoms with van der Waals surface area (Å²) < 4.78 is 25.3. The van der Waals surface area contributed by atoms with Crippen molar-refractivity contribution in [3.8, 4) is 6.07 Å². The van der Waals surface area contributed by atoms with Gasteiger partial charge in [0.2, 0.25) is 0 Å². The maximum atomic E-state index is 12.7. The quantitative estimate of drug-likeness (QED) is 0.829. The number of alkyl halides is 2. The predicted octanol–water partition coefficient (Wildman–Crippen LogP) is 1.85. The third-order valence-corrected chi connectivity index (χ3v) is 2.12. The Hall–Kier alpha value is -1.54. The maximum Gasteiger partial charge on any atom is 0.264 e. The van der Waals surface area contributed by atoms with Gasteiger partial charge >= 0.3 is 0 Å². The second-order valence-corrected chi connectivity index (χ2v) is 3.11. The first-order valence-electron chi connectivity index (χ1n) is 4.44. The lowest BCUT2D eigenvalue weighted by Gasteiger charge is -2.10. The van der Waals surface area contributed by atoms with Gasteiger partial charge in [-0.05, 0) is 18.6 Å². The largest absolute Gasteiger partial charge is 0.325 e. The lowest BCUT2D eigenvalue weighted by Crippen LogP contribution is -2.07. The number of hydrogen-bond donors (Lipinski definition) is 1. The van der Waals surface area contributed by atoms with E-state index in [1.54, 1.807) is 6.92 Å². The fourth-order valence-corrected chi connectivity index (χ4v) is 1.40. The summed E-state index contributed by atoms with van der Waals surface area (Å²) in [7, 11) is 0. The first kappa shape index (κ1) is 11.5. The van der Waals surface area contributed by atoms with Crippen molar-refractivity contribution in [1.82, 2.24) is 4.98 Å². The van der Waals surface area contributed by atoms with Crippen LogP contribution in [0.4, 0.5) is 8.78 Å². The normalized spacial score (nSPS) is 10.4. The van der Waals surface area contributed by atoms with E-state index in [0.29, 0.717) is 17.0 Å². The van der Waals surface area contributed by atoms with Gasteiger partial charge in [0, 0.05) is 17.8 Å². The number of nitrogens with zero attached hydrogens (tertiary/aromatic N) is 2. The van der Waals surface area contributed by atoms with E-state index in [0.717, 1.165) is 0 Å². The average molecular weight is 211 g/mol. The first-order chi connectivity index (χ1) is 7.10. The van der Waals surface area contributed by atoms with Crippen molar-refractivity contribution < 1.29 is 8.78 Å². The average Bonchev–Trinajstić information content (AvgIpc) is 2.20. The Morgan fingerprint density at radius 1 is 1.60 bits per heavy atom. The van der Waals surface area contributed by atoms with Gasteiger partial charge in [-0.1, -0.05) is 0 Å². The van der Waals surface area contributed by atoms with Crippen LogP contribution >= 0.6 is 0 Å². The highest BCUT2D eigenvalue weighted by molar-refractivity contribution is 5.35. The molecule has 3 nitrogen and oxygen atoms in total. The van der Waals surface area contributed by atoms with Crippen LogP contribution in [0.2, 0.25) is 0 Å². The molecule has 1 heterocycles. The molecule has 0 aliphatic heterocycles. The number of aromatic nitrogens is 1. The number of rotatable bonds is 3. The topological polar surface area (TPSA) is 62.7 Å². The van der Waals surface area contributed by atoms with E-state index in [9.17, 15) is 8.78 Å². The van der Waals surface area contributed by atoms with E-state index < -0.39 is 6.43 Å². The number of nitrogens with two attached hydrogens (primary N) is 1. The monoisotopic (exact) mass is 211 g/mol. The zero-order chi connectivity index (χ0) is 11.4. The van der Waals surface area contributed by atoms with Gasteiger partial charge in [-0.2, -0.15) is 5.26 Å². The summed E-state index contributed by atoms with van der Waals surface area (Å²) >= 11 is 0. The second kappa shape index (κ2) is 4.80. The Morgan fingerprint density at radius 3 is 2.73 bits per heavy atom. The summed E-state index contributed by atoms with van der Waals surface area (Å²) in [6.07, 6.45) is -2.65. The molecule has 0 aliphatic rings. The Kier molecular flexibility index (Phi) is 3.69. The molecule has 0 fully saturated rings. The number of aryl methyl sites for hydroxylation is 1. The van der Waals surface area contributed by atoms with E-state index in [4.69, 9.17) is 11.0 Å². The van der Waals surface area contributed by atoms with Gasteiger partial charge in [-0.3, -0.25) is 4.98 Å². The maximum absolute atomic E-state index is 12.7. The summed E-state index contributed by atoms with van der Waals surface area (Å²) in [5.41, 5.74) is 6.39. The molecular weight excluding hydrogens is 200 g/mol. The van der Waals surface area contributed by atoms with Gasteiger partial charge in [-0.15, -0.1) is 0 Å². The molecule has 0 unspecified atom stereocenters. The predicted molar refractivity (Wildman–Crippen MR) is 51.1 cm³/mol. The Bertz CT molecular complexity index is 396. The molecule has 1 aromatic heterocycles. The molecule has 0 aromatic carbocycles. The van der Waals surface area contributed by atoms with Crippen molar-refractivity contribution in [3.05, 3.63) is 28.6 Å². The Balaban J connectivity index is 3.30. The molecule has 80 valence electrons. The lowest BCUT2D eigenvalue weighted by molar-refractivity contribution is 0.150. The van der Waals surface area contributed by atoms with E-state index in [1.165, 1.54) is 6.07 Å².